The van der Waals surface area contributed by atoms with Gasteiger partial charge in [-0.2, -0.15) is 0 Å². The fourth-order valence-corrected chi connectivity index (χ4v) is 3.40. The lowest BCUT2D eigenvalue weighted by Crippen LogP contribution is -2.32. The van der Waals surface area contributed by atoms with E-state index in [0.29, 0.717) is 25.2 Å². The Balaban J connectivity index is 1.65. The summed E-state index contributed by atoms with van der Waals surface area (Å²) in [4.78, 5) is 29.6. The summed E-state index contributed by atoms with van der Waals surface area (Å²) < 4.78 is 1.96. The SMILES string of the molecule is O=C(O)CC1CCCN(C(=O)c2cccc(Cn3ccnc3)c2)CC1. The molecule has 0 saturated carbocycles. The van der Waals surface area contributed by atoms with Gasteiger partial charge in [0, 0.05) is 44.0 Å². The van der Waals surface area contributed by atoms with Crippen molar-refractivity contribution in [3.05, 3.63) is 54.1 Å². The third-order valence-corrected chi connectivity index (χ3v) is 4.70. The molecule has 1 aromatic heterocycles. The van der Waals surface area contributed by atoms with Crippen LogP contribution in [0.25, 0.3) is 0 Å². The molecule has 6 heteroatoms. The third kappa shape index (κ3) is 4.68. The molecule has 0 bridgehead atoms. The number of carboxylic acids is 1. The number of benzene rings is 1. The summed E-state index contributed by atoms with van der Waals surface area (Å²) in [7, 11) is 0. The van der Waals surface area contributed by atoms with Gasteiger partial charge in [-0.25, -0.2) is 4.98 Å². The van der Waals surface area contributed by atoms with Gasteiger partial charge in [-0.15, -0.1) is 0 Å². The number of carbonyl (C=O) groups is 2. The molecule has 6 nitrogen and oxygen atoms in total. The number of carboxylic acid groups (broad SMARTS) is 1. The molecule has 2 aromatic rings. The number of likely N-dealkylation sites (tertiary alicyclic amines) is 1. The maximum Gasteiger partial charge on any atom is 0.303 e. The maximum atomic E-state index is 12.8. The van der Waals surface area contributed by atoms with Gasteiger partial charge in [0.25, 0.3) is 5.91 Å². The summed E-state index contributed by atoms with van der Waals surface area (Å²) in [5.74, 6) is -0.552. The van der Waals surface area contributed by atoms with E-state index in [1.54, 1.807) is 12.5 Å². The molecular weight excluding hydrogens is 318 g/mol. The molecule has 1 N–H and O–H groups in total. The van der Waals surface area contributed by atoms with Gasteiger partial charge in [-0.1, -0.05) is 12.1 Å². The second-order valence-corrected chi connectivity index (χ2v) is 6.62. The quantitative estimate of drug-likeness (QED) is 0.907. The number of hydrogen-bond donors (Lipinski definition) is 1. The number of carbonyl (C=O) groups excluding carboxylic acids is 1. The normalized spacial score (nSPS) is 17.9. The number of aliphatic carboxylic acids is 1. The number of imidazole rings is 1. The molecule has 1 saturated heterocycles. The fourth-order valence-electron chi connectivity index (χ4n) is 3.40. The van der Waals surface area contributed by atoms with Crippen molar-refractivity contribution in [3.8, 4) is 0 Å². The Morgan fingerprint density at radius 3 is 2.88 bits per heavy atom. The summed E-state index contributed by atoms with van der Waals surface area (Å²) in [5, 5.41) is 8.96. The van der Waals surface area contributed by atoms with Crippen molar-refractivity contribution in [2.75, 3.05) is 13.1 Å². The van der Waals surface area contributed by atoms with Crippen molar-refractivity contribution in [3.63, 3.8) is 0 Å². The highest BCUT2D eigenvalue weighted by Gasteiger charge is 2.23. The van der Waals surface area contributed by atoms with Crippen molar-refractivity contribution in [2.45, 2.75) is 32.2 Å². The molecule has 1 atom stereocenters. The molecule has 1 aromatic carbocycles. The van der Waals surface area contributed by atoms with E-state index >= 15 is 0 Å². The van der Waals surface area contributed by atoms with E-state index in [2.05, 4.69) is 4.98 Å². The van der Waals surface area contributed by atoms with Crippen molar-refractivity contribution < 1.29 is 14.7 Å². The molecule has 1 unspecified atom stereocenters. The molecule has 1 fully saturated rings. The molecule has 0 radical (unpaired) electrons. The van der Waals surface area contributed by atoms with Gasteiger partial charge < -0.3 is 14.6 Å². The van der Waals surface area contributed by atoms with Gasteiger partial charge in [0.05, 0.1) is 6.33 Å². The summed E-state index contributed by atoms with van der Waals surface area (Å²) in [6.07, 6.45) is 8.07. The maximum absolute atomic E-state index is 12.8. The highest BCUT2D eigenvalue weighted by Crippen LogP contribution is 2.22. The Hall–Kier alpha value is -2.63. The number of hydrogen-bond acceptors (Lipinski definition) is 3. The van der Waals surface area contributed by atoms with E-state index in [0.717, 1.165) is 24.8 Å². The minimum Gasteiger partial charge on any atom is -0.481 e. The first-order valence-electron chi connectivity index (χ1n) is 8.67. The topological polar surface area (TPSA) is 75.4 Å². The molecule has 2 heterocycles. The van der Waals surface area contributed by atoms with Crippen LogP contribution in [0.15, 0.2) is 43.0 Å². The van der Waals surface area contributed by atoms with Crippen LogP contribution in [0.4, 0.5) is 0 Å². The summed E-state index contributed by atoms with van der Waals surface area (Å²) >= 11 is 0. The number of amides is 1. The molecule has 1 aliphatic rings. The highest BCUT2D eigenvalue weighted by molar-refractivity contribution is 5.94. The molecular formula is C19H23N3O3. The van der Waals surface area contributed by atoms with Gasteiger partial charge >= 0.3 is 5.97 Å². The molecule has 0 aliphatic carbocycles. The molecule has 1 aliphatic heterocycles. The lowest BCUT2D eigenvalue weighted by Gasteiger charge is -2.21. The van der Waals surface area contributed by atoms with Crippen LogP contribution in [0.3, 0.4) is 0 Å². The fraction of sp³-hybridized carbons (Fsp3) is 0.421. The highest BCUT2D eigenvalue weighted by atomic mass is 16.4. The Morgan fingerprint density at radius 1 is 1.24 bits per heavy atom. The van der Waals surface area contributed by atoms with Crippen LogP contribution < -0.4 is 0 Å². The van der Waals surface area contributed by atoms with Crippen molar-refractivity contribution >= 4 is 11.9 Å². The molecule has 1 amide bonds. The Labute approximate surface area is 147 Å². The number of aromatic nitrogens is 2. The minimum atomic E-state index is -0.753. The van der Waals surface area contributed by atoms with E-state index in [-0.39, 0.29) is 18.2 Å². The number of rotatable bonds is 5. The van der Waals surface area contributed by atoms with Crippen LogP contribution in [-0.2, 0) is 11.3 Å². The zero-order valence-electron chi connectivity index (χ0n) is 14.2. The standard InChI is InChI=1S/C19H23N3O3/c23-18(24)12-15-4-2-8-22(9-6-15)19(25)17-5-1-3-16(11-17)13-21-10-7-20-14-21/h1,3,5,7,10-11,14-15H,2,4,6,8-9,12-13H2,(H,23,24). The van der Waals surface area contributed by atoms with Crippen LogP contribution in [0, 0.1) is 5.92 Å². The van der Waals surface area contributed by atoms with E-state index in [1.165, 1.54) is 0 Å². The zero-order valence-corrected chi connectivity index (χ0v) is 14.2. The van der Waals surface area contributed by atoms with E-state index in [4.69, 9.17) is 5.11 Å². The van der Waals surface area contributed by atoms with E-state index in [9.17, 15) is 9.59 Å². The van der Waals surface area contributed by atoms with E-state index in [1.807, 2.05) is 39.9 Å². The average molecular weight is 341 g/mol. The van der Waals surface area contributed by atoms with Gasteiger partial charge in [-0.3, -0.25) is 9.59 Å². The Bertz CT molecular complexity index is 727. The summed E-state index contributed by atoms with van der Waals surface area (Å²) in [5.41, 5.74) is 1.75. The minimum absolute atomic E-state index is 0.0310. The first kappa shape index (κ1) is 17.2. The van der Waals surface area contributed by atoms with Gasteiger partial charge in [0.15, 0.2) is 0 Å². The van der Waals surface area contributed by atoms with Crippen LogP contribution in [-0.4, -0.2) is 44.5 Å². The van der Waals surface area contributed by atoms with Crippen molar-refractivity contribution in [2.24, 2.45) is 5.92 Å². The summed E-state index contributed by atoms with van der Waals surface area (Å²) in [6, 6.07) is 7.69. The largest absolute Gasteiger partial charge is 0.481 e. The van der Waals surface area contributed by atoms with Crippen LogP contribution in [0.1, 0.15) is 41.6 Å². The molecule has 3 rings (SSSR count). The van der Waals surface area contributed by atoms with Crippen LogP contribution in [0.2, 0.25) is 0 Å². The number of nitrogens with zero attached hydrogens (tertiary/aromatic N) is 3. The molecule has 132 valence electrons. The van der Waals surface area contributed by atoms with Gasteiger partial charge in [0.2, 0.25) is 0 Å². The van der Waals surface area contributed by atoms with E-state index < -0.39 is 5.97 Å². The first-order chi connectivity index (χ1) is 12.1. The second kappa shape index (κ2) is 7.96. The molecule has 25 heavy (non-hydrogen) atoms. The zero-order chi connectivity index (χ0) is 17.6. The van der Waals surface area contributed by atoms with Crippen molar-refractivity contribution in [1.29, 1.82) is 0 Å². The average Bonchev–Trinajstić information content (AvgIpc) is 2.99. The van der Waals surface area contributed by atoms with Gasteiger partial charge in [-0.05, 0) is 42.9 Å². The Kier molecular flexibility index (Phi) is 5.48. The summed E-state index contributed by atoms with van der Waals surface area (Å²) in [6.45, 7) is 2.00. The lowest BCUT2D eigenvalue weighted by molar-refractivity contribution is -0.138. The third-order valence-electron chi connectivity index (χ3n) is 4.70. The van der Waals surface area contributed by atoms with Crippen molar-refractivity contribution in [1.82, 2.24) is 14.5 Å². The first-order valence-corrected chi connectivity index (χ1v) is 8.67. The van der Waals surface area contributed by atoms with Gasteiger partial charge in [0.1, 0.15) is 0 Å². The molecule has 0 spiro atoms. The second-order valence-electron chi connectivity index (χ2n) is 6.62. The van der Waals surface area contributed by atoms with Crippen LogP contribution in [0.5, 0.6) is 0 Å². The smallest absolute Gasteiger partial charge is 0.303 e. The Morgan fingerprint density at radius 2 is 2.12 bits per heavy atom. The predicted octanol–water partition coefficient (Wildman–Crippen LogP) is 2.65. The monoisotopic (exact) mass is 341 g/mol. The lowest BCUT2D eigenvalue weighted by atomic mass is 9.97. The van der Waals surface area contributed by atoms with Crippen LogP contribution >= 0.6 is 0 Å². The predicted molar refractivity (Wildman–Crippen MR) is 93.3 cm³/mol.